The van der Waals surface area contributed by atoms with Crippen LogP contribution in [0.25, 0.3) is 0 Å². The lowest BCUT2D eigenvalue weighted by atomic mass is 9.78. The van der Waals surface area contributed by atoms with E-state index < -0.39 is 12.0 Å². The third-order valence-corrected chi connectivity index (χ3v) is 2.70. The van der Waals surface area contributed by atoms with Crippen LogP contribution >= 0.6 is 0 Å². The predicted octanol–water partition coefficient (Wildman–Crippen LogP) is 2.44. The van der Waals surface area contributed by atoms with Crippen LogP contribution in [0.5, 0.6) is 0 Å². The van der Waals surface area contributed by atoms with Gasteiger partial charge in [-0.15, -0.1) is 0 Å². The molecule has 0 amide bonds. The molecule has 1 aliphatic carbocycles. The Hall–Kier alpha value is -0.180. The summed E-state index contributed by atoms with van der Waals surface area (Å²) in [5.74, 6) is -2.27. The van der Waals surface area contributed by atoms with Gasteiger partial charge in [-0.05, 0) is 18.3 Å². The van der Waals surface area contributed by atoms with Crippen molar-refractivity contribution >= 4 is 0 Å². The highest BCUT2D eigenvalue weighted by Gasteiger charge is 2.41. The Kier molecular flexibility index (Phi) is 2.71. The van der Waals surface area contributed by atoms with Gasteiger partial charge >= 0.3 is 0 Å². The third-order valence-electron chi connectivity index (χ3n) is 2.70. The fourth-order valence-corrected chi connectivity index (χ4v) is 1.91. The minimum absolute atomic E-state index is 0.0598. The molecule has 0 aromatic rings. The summed E-state index contributed by atoms with van der Waals surface area (Å²) >= 11 is 0. The van der Waals surface area contributed by atoms with Crippen molar-refractivity contribution in [2.75, 3.05) is 0 Å². The summed E-state index contributed by atoms with van der Waals surface area (Å²) < 4.78 is 25.5. The topological polar surface area (TPSA) is 20.2 Å². The van der Waals surface area contributed by atoms with Crippen molar-refractivity contribution < 1.29 is 13.9 Å². The van der Waals surface area contributed by atoms with E-state index in [0.717, 1.165) is 0 Å². The fraction of sp³-hybridized carbons (Fsp3) is 1.00. The van der Waals surface area contributed by atoms with Gasteiger partial charge in [0.1, 0.15) is 0 Å². The highest BCUT2D eigenvalue weighted by atomic mass is 19.3. The molecule has 0 unspecified atom stereocenters. The Morgan fingerprint density at radius 1 is 1.42 bits per heavy atom. The van der Waals surface area contributed by atoms with Crippen LogP contribution in [0.2, 0.25) is 0 Å². The second-order valence-electron chi connectivity index (χ2n) is 4.07. The van der Waals surface area contributed by atoms with Crippen LogP contribution in [-0.2, 0) is 0 Å². The SMILES string of the molecule is CC(C)[C@@H]1CCC(F)(F)C[C@@H]1O. The van der Waals surface area contributed by atoms with Crippen molar-refractivity contribution in [3.05, 3.63) is 0 Å². The van der Waals surface area contributed by atoms with E-state index >= 15 is 0 Å². The van der Waals surface area contributed by atoms with Crippen molar-refractivity contribution in [1.29, 1.82) is 0 Å². The van der Waals surface area contributed by atoms with Crippen LogP contribution in [0.4, 0.5) is 8.78 Å². The Balaban J connectivity index is 2.54. The first-order chi connectivity index (χ1) is 5.42. The number of hydrogen-bond donors (Lipinski definition) is 1. The number of aliphatic hydroxyl groups is 1. The van der Waals surface area contributed by atoms with Crippen molar-refractivity contribution in [1.82, 2.24) is 0 Å². The highest BCUT2D eigenvalue weighted by Crippen LogP contribution is 2.39. The third kappa shape index (κ3) is 2.16. The molecule has 72 valence electrons. The van der Waals surface area contributed by atoms with E-state index in [4.69, 9.17) is 0 Å². The Morgan fingerprint density at radius 3 is 2.42 bits per heavy atom. The normalized spacial score (nSPS) is 35.5. The second-order valence-corrected chi connectivity index (χ2v) is 4.07. The first kappa shape index (κ1) is 9.90. The lowest BCUT2D eigenvalue weighted by Crippen LogP contribution is -2.38. The first-order valence-corrected chi connectivity index (χ1v) is 4.48. The van der Waals surface area contributed by atoms with Crippen molar-refractivity contribution in [3.8, 4) is 0 Å². The average molecular weight is 178 g/mol. The van der Waals surface area contributed by atoms with Gasteiger partial charge < -0.3 is 5.11 Å². The van der Waals surface area contributed by atoms with Crippen LogP contribution in [0.15, 0.2) is 0 Å². The van der Waals surface area contributed by atoms with Crippen molar-refractivity contribution in [3.63, 3.8) is 0 Å². The van der Waals surface area contributed by atoms with E-state index in [0.29, 0.717) is 12.3 Å². The van der Waals surface area contributed by atoms with Gasteiger partial charge in [0.05, 0.1) is 6.10 Å². The molecule has 2 atom stereocenters. The maximum Gasteiger partial charge on any atom is 0.250 e. The predicted molar refractivity (Wildman–Crippen MR) is 43.1 cm³/mol. The summed E-state index contributed by atoms with van der Waals surface area (Å²) in [4.78, 5) is 0. The van der Waals surface area contributed by atoms with Gasteiger partial charge in [0.15, 0.2) is 0 Å². The highest BCUT2D eigenvalue weighted by molar-refractivity contribution is 4.85. The van der Waals surface area contributed by atoms with Crippen LogP contribution in [-0.4, -0.2) is 17.1 Å². The first-order valence-electron chi connectivity index (χ1n) is 4.48. The molecule has 0 aliphatic heterocycles. The molecule has 0 aromatic carbocycles. The number of alkyl halides is 2. The monoisotopic (exact) mass is 178 g/mol. The zero-order valence-corrected chi connectivity index (χ0v) is 7.56. The molecule has 1 N–H and O–H groups in total. The molecule has 1 rings (SSSR count). The van der Waals surface area contributed by atoms with Gasteiger partial charge in [-0.3, -0.25) is 0 Å². The minimum atomic E-state index is -2.63. The average Bonchev–Trinajstić information content (AvgIpc) is 1.83. The largest absolute Gasteiger partial charge is 0.393 e. The van der Waals surface area contributed by atoms with Crippen molar-refractivity contribution in [2.24, 2.45) is 11.8 Å². The van der Waals surface area contributed by atoms with Crippen LogP contribution < -0.4 is 0 Å². The van der Waals surface area contributed by atoms with E-state index in [-0.39, 0.29) is 18.8 Å². The molecule has 1 saturated carbocycles. The maximum atomic E-state index is 12.7. The molecule has 3 heteroatoms. The van der Waals surface area contributed by atoms with Gasteiger partial charge in [0.2, 0.25) is 0 Å². The lowest BCUT2D eigenvalue weighted by molar-refractivity contribution is -0.105. The van der Waals surface area contributed by atoms with E-state index in [1.807, 2.05) is 13.8 Å². The molecular weight excluding hydrogens is 162 g/mol. The number of aliphatic hydroxyl groups excluding tert-OH is 1. The Bertz CT molecular complexity index is 157. The summed E-state index contributed by atoms with van der Waals surface area (Å²) in [5.41, 5.74) is 0. The number of rotatable bonds is 1. The zero-order valence-electron chi connectivity index (χ0n) is 7.56. The van der Waals surface area contributed by atoms with Gasteiger partial charge in [0, 0.05) is 12.8 Å². The zero-order chi connectivity index (χ0) is 9.35. The summed E-state index contributed by atoms with van der Waals surface area (Å²) in [6.07, 6.45) is -0.775. The maximum absolute atomic E-state index is 12.7. The van der Waals surface area contributed by atoms with E-state index in [1.54, 1.807) is 0 Å². The standard InChI is InChI=1S/C9H16F2O/c1-6(2)7-3-4-9(10,11)5-8(7)12/h6-8,12H,3-5H2,1-2H3/t7-,8-/m0/s1. The van der Waals surface area contributed by atoms with Gasteiger partial charge in [-0.25, -0.2) is 8.78 Å². The molecule has 0 bridgehead atoms. The van der Waals surface area contributed by atoms with Crippen molar-refractivity contribution in [2.45, 2.75) is 45.1 Å². The molecule has 0 radical (unpaired) electrons. The molecule has 12 heavy (non-hydrogen) atoms. The van der Waals surface area contributed by atoms with E-state index in [2.05, 4.69) is 0 Å². The summed E-state index contributed by atoms with van der Waals surface area (Å²) in [5, 5.41) is 9.39. The van der Waals surface area contributed by atoms with E-state index in [1.165, 1.54) is 0 Å². The number of halogens is 2. The van der Waals surface area contributed by atoms with Gasteiger partial charge in [-0.2, -0.15) is 0 Å². The molecule has 0 spiro atoms. The Labute approximate surface area is 71.8 Å². The summed E-state index contributed by atoms with van der Waals surface area (Å²) in [7, 11) is 0. The minimum Gasteiger partial charge on any atom is -0.393 e. The second kappa shape index (κ2) is 3.29. The Morgan fingerprint density at radius 2 is 2.00 bits per heavy atom. The molecular formula is C9H16F2O. The van der Waals surface area contributed by atoms with Crippen LogP contribution in [0.1, 0.15) is 33.1 Å². The molecule has 1 aliphatic rings. The summed E-state index contributed by atoms with van der Waals surface area (Å²) in [6, 6.07) is 0. The lowest BCUT2D eigenvalue weighted by Gasteiger charge is -2.35. The molecule has 0 aromatic heterocycles. The number of hydrogen-bond acceptors (Lipinski definition) is 1. The molecule has 0 heterocycles. The molecule has 1 fully saturated rings. The van der Waals surface area contributed by atoms with E-state index in [9.17, 15) is 13.9 Å². The molecule has 0 saturated heterocycles. The van der Waals surface area contributed by atoms with Gasteiger partial charge in [0.25, 0.3) is 5.92 Å². The molecule has 1 nitrogen and oxygen atoms in total. The smallest absolute Gasteiger partial charge is 0.250 e. The van der Waals surface area contributed by atoms with Crippen LogP contribution in [0.3, 0.4) is 0 Å². The van der Waals surface area contributed by atoms with Gasteiger partial charge in [-0.1, -0.05) is 13.8 Å². The van der Waals surface area contributed by atoms with Crippen LogP contribution in [0, 0.1) is 11.8 Å². The quantitative estimate of drug-likeness (QED) is 0.653. The summed E-state index contributed by atoms with van der Waals surface area (Å²) in [6.45, 7) is 3.94. The fourth-order valence-electron chi connectivity index (χ4n) is 1.91.